The van der Waals surface area contributed by atoms with Gasteiger partial charge >= 0.3 is 0 Å². The summed E-state index contributed by atoms with van der Waals surface area (Å²) in [5, 5.41) is 2.88. The molecule has 0 aromatic heterocycles. The maximum atomic E-state index is 13.6. The summed E-state index contributed by atoms with van der Waals surface area (Å²) in [5.41, 5.74) is 2.00. The minimum Gasteiger partial charge on any atom is -0.493 e. The maximum Gasteiger partial charge on any atom is 0.264 e. The molecule has 0 aliphatic carbocycles. The molecule has 3 amide bonds. The number of methoxy groups -OCH3 is 2. The van der Waals surface area contributed by atoms with Crippen LogP contribution < -0.4 is 19.7 Å². The van der Waals surface area contributed by atoms with Crippen molar-refractivity contribution in [2.75, 3.05) is 32.2 Å². The summed E-state index contributed by atoms with van der Waals surface area (Å²) in [5.74, 6) is 0.500. The number of para-hydroxylation sites is 1. The molecule has 0 fully saturated rings. The predicted octanol–water partition coefficient (Wildman–Crippen LogP) is 2.98. The Morgan fingerprint density at radius 2 is 1.81 bits per heavy atom. The highest BCUT2D eigenvalue weighted by Gasteiger charge is 2.49. The van der Waals surface area contributed by atoms with E-state index in [1.807, 2.05) is 13.8 Å². The van der Waals surface area contributed by atoms with Gasteiger partial charge in [0.05, 0.1) is 31.0 Å². The number of hydrogen-bond donors (Lipinski definition) is 1. The third kappa shape index (κ3) is 3.45. The molecule has 0 spiro atoms. The third-order valence-electron chi connectivity index (χ3n) is 5.77. The van der Waals surface area contributed by atoms with E-state index in [-0.39, 0.29) is 30.7 Å². The topological polar surface area (TPSA) is 88.2 Å². The van der Waals surface area contributed by atoms with Gasteiger partial charge in [-0.15, -0.1) is 0 Å². The third-order valence-corrected chi connectivity index (χ3v) is 5.77. The molecule has 2 aromatic rings. The number of nitrogens with zero attached hydrogens (tertiary/aromatic N) is 2. The van der Waals surface area contributed by atoms with E-state index in [1.165, 1.54) is 14.2 Å². The lowest BCUT2D eigenvalue weighted by Gasteiger charge is -2.40. The lowest BCUT2D eigenvalue weighted by atomic mass is 10.0. The van der Waals surface area contributed by atoms with Gasteiger partial charge in [-0.1, -0.05) is 32.0 Å². The van der Waals surface area contributed by atoms with Gasteiger partial charge in [-0.25, -0.2) is 0 Å². The van der Waals surface area contributed by atoms with Gasteiger partial charge in [0.15, 0.2) is 11.5 Å². The first-order valence-corrected chi connectivity index (χ1v) is 10.6. The summed E-state index contributed by atoms with van der Waals surface area (Å²) >= 11 is 0. The number of hydrogen-bond acceptors (Lipinski definition) is 5. The van der Waals surface area contributed by atoms with Crippen molar-refractivity contribution in [3.63, 3.8) is 0 Å². The van der Waals surface area contributed by atoms with Gasteiger partial charge in [0.25, 0.3) is 11.8 Å². The molecule has 0 saturated carbocycles. The Hall–Kier alpha value is -3.55. The van der Waals surface area contributed by atoms with Crippen molar-refractivity contribution in [2.45, 2.75) is 26.4 Å². The molecule has 1 atom stereocenters. The smallest absolute Gasteiger partial charge is 0.264 e. The average Bonchev–Trinajstić information content (AvgIpc) is 3.09. The van der Waals surface area contributed by atoms with Crippen LogP contribution in [0.2, 0.25) is 0 Å². The molecule has 4 rings (SSSR count). The number of nitrogens with one attached hydrogen (secondary N) is 1. The van der Waals surface area contributed by atoms with E-state index in [2.05, 4.69) is 5.32 Å². The first-order valence-electron chi connectivity index (χ1n) is 10.6. The van der Waals surface area contributed by atoms with Gasteiger partial charge in [-0.05, 0) is 24.1 Å². The monoisotopic (exact) mass is 437 g/mol. The van der Waals surface area contributed by atoms with Crippen LogP contribution in [-0.2, 0) is 4.79 Å². The average molecular weight is 437 g/mol. The molecule has 168 valence electrons. The van der Waals surface area contributed by atoms with Crippen LogP contribution in [0.25, 0.3) is 0 Å². The van der Waals surface area contributed by atoms with E-state index in [1.54, 1.807) is 46.2 Å². The number of fused-ring (bicyclic) bond motifs is 5. The number of anilines is 1. The second-order valence-electron chi connectivity index (χ2n) is 8.28. The van der Waals surface area contributed by atoms with Crippen LogP contribution in [0.15, 0.2) is 36.4 Å². The maximum absolute atomic E-state index is 13.6. The highest BCUT2D eigenvalue weighted by Crippen LogP contribution is 2.49. The number of benzene rings is 2. The Kier molecular flexibility index (Phi) is 5.78. The van der Waals surface area contributed by atoms with E-state index in [0.29, 0.717) is 46.3 Å². The molecule has 8 nitrogen and oxygen atoms in total. The summed E-state index contributed by atoms with van der Waals surface area (Å²) < 4.78 is 10.9. The van der Waals surface area contributed by atoms with Gasteiger partial charge < -0.3 is 19.7 Å². The Balaban J connectivity index is 1.76. The molecule has 8 heteroatoms. The van der Waals surface area contributed by atoms with Crippen LogP contribution in [0.3, 0.4) is 0 Å². The van der Waals surface area contributed by atoms with Crippen LogP contribution in [0.5, 0.6) is 11.5 Å². The minimum atomic E-state index is -0.655. The second kappa shape index (κ2) is 8.53. The molecule has 0 bridgehead atoms. The quantitative estimate of drug-likeness (QED) is 0.720. The number of carbonyl (C=O) groups is 3. The number of amides is 3. The van der Waals surface area contributed by atoms with Crippen molar-refractivity contribution in [3.8, 4) is 11.5 Å². The van der Waals surface area contributed by atoms with Crippen molar-refractivity contribution in [2.24, 2.45) is 5.92 Å². The first-order chi connectivity index (χ1) is 15.4. The fourth-order valence-corrected chi connectivity index (χ4v) is 4.28. The van der Waals surface area contributed by atoms with Crippen LogP contribution >= 0.6 is 0 Å². The van der Waals surface area contributed by atoms with E-state index in [9.17, 15) is 14.4 Å². The van der Waals surface area contributed by atoms with Crippen molar-refractivity contribution in [3.05, 3.63) is 53.1 Å². The molecule has 2 aromatic carbocycles. The highest BCUT2D eigenvalue weighted by atomic mass is 16.5. The van der Waals surface area contributed by atoms with E-state index >= 15 is 0 Å². The van der Waals surface area contributed by atoms with Crippen LogP contribution in [0.1, 0.15) is 52.7 Å². The van der Waals surface area contributed by atoms with Crippen molar-refractivity contribution in [1.29, 1.82) is 0 Å². The summed E-state index contributed by atoms with van der Waals surface area (Å²) in [7, 11) is 3.00. The Morgan fingerprint density at radius 3 is 2.50 bits per heavy atom. The molecular weight excluding hydrogens is 410 g/mol. The van der Waals surface area contributed by atoms with Crippen LogP contribution in [-0.4, -0.2) is 49.9 Å². The Bertz CT molecular complexity index is 1080. The van der Waals surface area contributed by atoms with Gasteiger partial charge in [0.1, 0.15) is 6.17 Å². The molecule has 2 aliphatic rings. The fourth-order valence-electron chi connectivity index (χ4n) is 4.28. The van der Waals surface area contributed by atoms with Crippen LogP contribution in [0, 0.1) is 5.92 Å². The summed E-state index contributed by atoms with van der Waals surface area (Å²) in [6, 6.07) is 10.5. The van der Waals surface area contributed by atoms with E-state index in [4.69, 9.17) is 9.47 Å². The van der Waals surface area contributed by atoms with Crippen molar-refractivity contribution >= 4 is 23.4 Å². The lowest BCUT2D eigenvalue weighted by Crippen LogP contribution is -2.49. The fraction of sp³-hybridized carbons (Fsp3) is 0.375. The van der Waals surface area contributed by atoms with Crippen molar-refractivity contribution < 1.29 is 23.9 Å². The van der Waals surface area contributed by atoms with Gasteiger partial charge in [-0.2, -0.15) is 0 Å². The normalized spacial score (nSPS) is 16.6. The molecule has 2 heterocycles. The number of rotatable bonds is 7. The number of ether oxygens (including phenoxy) is 2. The predicted molar refractivity (Wildman–Crippen MR) is 119 cm³/mol. The van der Waals surface area contributed by atoms with E-state index in [0.717, 1.165) is 0 Å². The second-order valence-corrected chi connectivity index (χ2v) is 8.28. The van der Waals surface area contributed by atoms with Gasteiger partial charge in [-0.3, -0.25) is 19.3 Å². The first kappa shape index (κ1) is 21.7. The standard InChI is InChI=1S/C24H27N3O5/c1-14(2)13-25-19(28)11-12-26-22-16-9-10-18(31-3)21(32-4)20(16)24(30)27(22)17-8-6-5-7-15(17)23(26)29/h5-10,14,22H,11-13H2,1-4H3,(H,25,28)/t22-/m0/s1. The lowest BCUT2D eigenvalue weighted by molar-refractivity contribution is -0.121. The van der Waals surface area contributed by atoms with Crippen LogP contribution in [0.4, 0.5) is 5.69 Å². The molecule has 0 radical (unpaired) electrons. The zero-order valence-electron chi connectivity index (χ0n) is 18.7. The summed E-state index contributed by atoms with van der Waals surface area (Å²) in [6.45, 7) is 4.79. The SMILES string of the molecule is COc1ccc2c(c1OC)C(=O)N1c3ccccc3C(=O)N(CCC(=O)NCC(C)C)[C@H]21. The molecule has 0 unspecified atom stereocenters. The Morgan fingerprint density at radius 1 is 1.06 bits per heavy atom. The largest absolute Gasteiger partial charge is 0.493 e. The molecule has 2 aliphatic heterocycles. The van der Waals surface area contributed by atoms with Crippen molar-refractivity contribution in [1.82, 2.24) is 10.2 Å². The highest BCUT2D eigenvalue weighted by molar-refractivity contribution is 6.18. The summed E-state index contributed by atoms with van der Waals surface area (Å²) in [6.07, 6.45) is -0.514. The molecule has 32 heavy (non-hydrogen) atoms. The molecule has 0 saturated heterocycles. The zero-order valence-corrected chi connectivity index (χ0v) is 18.7. The summed E-state index contributed by atoms with van der Waals surface area (Å²) in [4.78, 5) is 42.6. The molecular formula is C24H27N3O5. The van der Waals surface area contributed by atoms with Gasteiger partial charge in [0.2, 0.25) is 5.91 Å². The Labute approximate surface area is 187 Å². The zero-order chi connectivity index (χ0) is 23.0. The minimum absolute atomic E-state index is 0.131. The van der Waals surface area contributed by atoms with E-state index < -0.39 is 6.17 Å². The van der Waals surface area contributed by atoms with Gasteiger partial charge in [0, 0.05) is 25.1 Å². The molecule has 1 N–H and O–H groups in total. The number of carbonyl (C=O) groups excluding carboxylic acids is 3.